The molecule has 1 saturated heterocycles. The van der Waals surface area contributed by atoms with E-state index in [1.165, 1.54) is 0 Å². The highest BCUT2D eigenvalue weighted by molar-refractivity contribution is 6.30. The number of anilines is 1. The molecule has 0 spiro atoms. The SMILES string of the molecule is O=C(NCC1CCC(C(=O)O)O1)Nc1cccc(Cl)c1. The maximum absolute atomic E-state index is 11.7. The molecule has 1 aliphatic rings. The van der Waals surface area contributed by atoms with Crippen LogP contribution in [0.15, 0.2) is 24.3 Å². The molecule has 1 aliphatic heterocycles. The first kappa shape index (κ1) is 14.6. The number of carbonyl (C=O) groups is 2. The lowest BCUT2D eigenvalue weighted by Gasteiger charge is -2.13. The van der Waals surface area contributed by atoms with E-state index in [-0.39, 0.29) is 18.7 Å². The van der Waals surface area contributed by atoms with Crippen molar-refractivity contribution in [1.82, 2.24) is 5.32 Å². The Kier molecular flexibility index (Phi) is 4.81. The minimum absolute atomic E-state index is 0.263. The third-order valence-corrected chi connectivity index (χ3v) is 3.19. The van der Waals surface area contributed by atoms with Gasteiger partial charge in [-0.3, -0.25) is 0 Å². The van der Waals surface area contributed by atoms with Gasteiger partial charge in [-0.15, -0.1) is 0 Å². The van der Waals surface area contributed by atoms with Crippen LogP contribution in [-0.2, 0) is 9.53 Å². The fourth-order valence-electron chi connectivity index (χ4n) is 1.99. The first-order valence-electron chi connectivity index (χ1n) is 6.23. The molecule has 2 atom stereocenters. The van der Waals surface area contributed by atoms with E-state index in [1.807, 2.05) is 0 Å². The van der Waals surface area contributed by atoms with Gasteiger partial charge in [0, 0.05) is 17.3 Å². The van der Waals surface area contributed by atoms with Crippen LogP contribution in [0, 0.1) is 0 Å². The van der Waals surface area contributed by atoms with Gasteiger partial charge in [-0.25, -0.2) is 9.59 Å². The van der Waals surface area contributed by atoms with E-state index in [0.29, 0.717) is 23.6 Å². The fraction of sp³-hybridized carbons (Fsp3) is 0.385. The lowest BCUT2D eigenvalue weighted by Crippen LogP contribution is -2.35. The Morgan fingerprint density at radius 1 is 1.40 bits per heavy atom. The third kappa shape index (κ3) is 4.11. The van der Waals surface area contributed by atoms with Gasteiger partial charge < -0.3 is 20.5 Å². The molecule has 2 unspecified atom stereocenters. The Hall–Kier alpha value is -1.79. The summed E-state index contributed by atoms with van der Waals surface area (Å²) in [6, 6.07) is 6.42. The summed E-state index contributed by atoms with van der Waals surface area (Å²) in [4.78, 5) is 22.4. The van der Waals surface area contributed by atoms with Crippen molar-refractivity contribution in [2.45, 2.75) is 25.0 Å². The van der Waals surface area contributed by atoms with Crippen molar-refractivity contribution in [2.75, 3.05) is 11.9 Å². The number of amides is 2. The fourth-order valence-corrected chi connectivity index (χ4v) is 2.18. The summed E-state index contributed by atoms with van der Waals surface area (Å²) in [7, 11) is 0. The molecule has 1 aromatic carbocycles. The minimum atomic E-state index is -0.962. The molecule has 7 heteroatoms. The van der Waals surface area contributed by atoms with E-state index in [4.69, 9.17) is 21.4 Å². The predicted molar refractivity (Wildman–Crippen MR) is 74.0 cm³/mol. The van der Waals surface area contributed by atoms with Crippen LogP contribution < -0.4 is 10.6 Å². The molecule has 2 rings (SSSR count). The summed E-state index contributed by atoms with van der Waals surface area (Å²) < 4.78 is 5.28. The van der Waals surface area contributed by atoms with Crippen molar-refractivity contribution in [1.29, 1.82) is 0 Å². The highest BCUT2D eigenvalue weighted by Crippen LogP contribution is 2.19. The molecule has 3 N–H and O–H groups in total. The maximum Gasteiger partial charge on any atom is 0.332 e. The molecule has 108 valence electrons. The predicted octanol–water partition coefficient (Wildman–Crippen LogP) is 2.09. The van der Waals surface area contributed by atoms with Gasteiger partial charge in [-0.05, 0) is 31.0 Å². The number of hydrogen-bond donors (Lipinski definition) is 3. The van der Waals surface area contributed by atoms with Crippen LogP contribution in [-0.4, -0.2) is 35.9 Å². The Labute approximate surface area is 121 Å². The molecule has 1 heterocycles. The summed E-state index contributed by atoms with van der Waals surface area (Å²) in [6.45, 7) is 0.274. The molecule has 1 aromatic rings. The van der Waals surface area contributed by atoms with Crippen LogP contribution in [0.4, 0.5) is 10.5 Å². The standard InChI is InChI=1S/C13H15ClN2O4/c14-8-2-1-3-9(6-8)16-13(19)15-7-10-4-5-11(20-10)12(17)18/h1-3,6,10-11H,4-5,7H2,(H,17,18)(H2,15,16,19). The zero-order valence-electron chi connectivity index (χ0n) is 10.6. The average Bonchev–Trinajstić information content (AvgIpc) is 2.85. The van der Waals surface area contributed by atoms with E-state index < -0.39 is 12.1 Å². The molecule has 1 fully saturated rings. The largest absolute Gasteiger partial charge is 0.479 e. The lowest BCUT2D eigenvalue weighted by atomic mass is 10.2. The normalized spacial score (nSPS) is 21.4. The lowest BCUT2D eigenvalue weighted by molar-refractivity contribution is -0.149. The van der Waals surface area contributed by atoms with Crippen molar-refractivity contribution in [3.63, 3.8) is 0 Å². The number of carbonyl (C=O) groups excluding carboxylic acids is 1. The van der Waals surface area contributed by atoms with Gasteiger partial charge >= 0.3 is 12.0 Å². The molecule has 0 aliphatic carbocycles. The summed E-state index contributed by atoms with van der Waals surface area (Å²) in [5.41, 5.74) is 0.589. The maximum atomic E-state index is 11.7. The number of carboxylic acid groups (broad SMARTS) is 1. The Bertz CT molecular complexity index is 509. The summed E-state index contributed by atoms with van der Waals surface area (Å²) in [6.07, 6.45) is 0.0606. The van der Waals surface area contributed by atoms with Crippen molar-refractivity contribution >= 4 is 29.3 Å². The number of aliphatic carboxylic acids is 1. The van der Waals surface area contributed by atoms with Crippen molar-refractivity contribution in [3.05, 3.63) is 29.3 Å². The second kappa shape index (κ2) is 6.58. The van der Waals surface area contributed by atoms with Crippen molar-refractivity contribution < 1.29 is 19.4 Å². The van der Waals surface area contributed by atoms with Crippen LogP contribution in [0.3, 0.4) is 0 Å². The topological polar surface area (TPSA) is 87.7 Å². The van der Waals surface area contributed by atoms with Gasteiger partial charge in [0.15, 0.2) is 6.10 Å². The highest BCUT2D eigenvalue weighted by atomic mass is 35.5. The number of rotatable bonds is 4. The summed E-state index contributed by atoms with van der Waals surface area (Å²) in [5.74, 6) is -0.962. The quantitative estimate of drug-likeness (QED) is 0.794. The average molecular weight is 299 g/mol. The van der Waals surface area contributed by atoms with Crippen molar-refractivity contribution in [2.24, 2.45) is 0 Å². The molecule has 0 saturated carbocycles. The zero-order valence-corrected chi connectivity index (χ0v) is 11.4. The Balaban J connectivity index is 1.75. The number of hydrogen-bond acceptors (Lipinski definition) is 3. The minimum Gasteiger partial charge on any atom is -0.479 e. The molecule has 0 bridgehead atoms. The van der Waals surface area contributed by atoms with E-state index in [9.17, 15) is 9.59 Å². The Morgan fingerprint density at radius 2 is 2.20 bits per heavy atom. The first-order chi connectivity index (χ1) is 9.54. The number of carboxylic acids is 1. The van der Waals surface area contributed by atoms with Gasteiger partial charge in [0.25, 0.3) is 0 Å². The molecule has 0 radical (unpaired) electrons. The van der Waals surface area contributed by atoms with E-state index in [2.05, 4.69) is 10.6 Å². The number of urea groups is 1. The van der Waals surface area contributed by atoms with Gasteiger partial charge in [0.1, 0.15) is 0 Å². The monoisotopic (exact) mass is 298 g/mol. The second-order valence-electron chi connectivity index (χ2n) is 4.51. The van der Waals surface area contributed by atoms with Crippen LogP contribution >= 0.6 is 11.6 Å². The second-order valence-corrected chi connectivity index (χ2v) is 4.94. The number of ether oxygens (including phenoxy) is 1. The van der Waals surface area contributed by atoms with E-state index >= 15 is 0 Å². The van der Waals surface area contributed by atoms with Crippen LogP contribution in [0.1, 0.15) is 12.8 Å². The third-order valence-electron chi connectivity index (χ3n) is 2.96. The Morgan fingerprint density at radius 3 is 2.85 bits per heavy atom. The smallest absolute Gasteiger partial charge is 0.332 e. The van der Waals surface area contributed by atoms with Crippen LogP contribution in [0.25, 0.3) is 0 Å². The zero-order chi connectivity index (χ0) is 14.5. The molecule has 2 amide bonds. The number of benzene rings is 1. The number of halogens is 1. The molecular weight excluding hydrogens is 284 g/mol. The van der Waals surface area contributed by atoms with E-state index in [0.717, 1.165) is 0 Å². The molecule has 20 heavy (non-hydrogen) atoms. The van der Waals surface area contributed by atoms with Gasteiger partial charge in [-0.1, -0.05) is 17.7 Å². The molecule has 0 aromatic heterocycles. The summed E-state index contributed by atoms with van der Waals surface area (Å²) >= 11 is 5.81. The van der Waals surface area contributed by atoms with Gasteiger partial charge in [-0.2, -0.15) is 0 Å². The van der Waals surface area contributed by atoms with Crippen LogP contribution in [0.2, 0.25) is 5.02 Å². The molecule has 6 nitrogen and oxygen atoms in total. The van der Waals surface area contributed by atoms with Crippen molar-refractivity contribution in [3.8, 4) is 0 Å². The van der Waals surface area contributed by atoms with Gasteiger partial charge in [0.2, 0.25) is 0 Å². The van der Waals surface area contributed by atoms with Gasteiger partial charge in [0.05, 0.1) is 6.10 Å². The first-order valence-corrected chi connectivity index (χ1v) is 6.61. The number of nitrogens with one attached hydrogen (secondary N) is 2. The molecular formula is C13H15ClN2O4. The van der Waals surface area contributed by atoms with E-state index in [1.54, 1.807) is 24.3 Å². The highest BCUT2D eigenvalue weighted by Gasteiger charge is 2.30. The van der Waals surface area contributed by atoms with Crippen LogP contribution in [0.5, 0.6) is 0 Å². The summed E-state index contributed by atoms with van der Waals surface area (Å²) in [5, 5.41) is 14.6.